The number of anilines is 1. The van der Waals surface area contributed by atoms with E-state index in [1.54, 1.807) is 20.8 Å². The van der Waals surface area contributed by atoms with Gasteiger partial charge < -0.3 is 15.0 Å². The lowest BCUT2D eigenvalue weighted by atomic mass is 10.0. The number of nitrogens with one attached hydrogen (secondary N) is 1. The molecule has 1 N–H and O–H groups in total. The summed E-state index contributed by atoms with van der Waals surface area (Å²) in [6, 6.07) is 12.4. The Morgan fingerprint density at radius 2 is 1.60 bits per heavy atom. The maximum Gasteiger partial charge on any atom is 0.314 e. The second kappa shape index (κ2) is 14.1. The molecule has 3 aromatic carbocycles. The Morgan fingerprint density at radius 1 is 0.930 bits per heavy atom. The van der Waals surface area contributed by atoms with Crippen molar-refractivity contribution in [3.63, 3.8) is 0 Å². The fraction of sp³-hybridized carbons (Fsp3) is 0.375. The molecule has 0 bridgehead atoms. The van der Waals surface area contributed by atoms with Crippen LogP contribution < -0.4 is 10.1 Å². The van der Waals surface area contributed by atoms with E-state index in [9.17, 15) is 26.8 Å². The molecule has 0 aromatic heterocycles. The van der Waals surface area contributed by atoms with E-state index in [1.165, 1.54) is 35.6 Å². The second-order valence-electron chi connectivity index (χ2n) is 10.7. The first-order valence-electron chi connectivity index (χ1n) is 14.1. The molecule has 2 amide bonds. The summed E-state index contributed by atoms with van der Waals surface area (Å²) in [5, 5.41) is 2.54. The SMILES string of the molecule is CCN(CC)S(=O)(=O)c1ccc(Oc2cc(C)ccc2C(C)C)c(NC(=O)C(=O)N(C)C(C)Cc2ccc(F)cc2F)c1. The molecule has 8 nitrogen and oxygen atoms in total. The number of sulfonamides is 1. The minimum absolute atomic E-state index is 0.00609. The summed E-state index contributed by atoms with van der Waals surface area (Å²) in [5.74, 6) is -2.65. The minimum atomic E-state index is -3.90. The smallest absolute Gasteiger partial charge is 0.314 e. The van der Waals surface area contributed by atoms with Crippen LogP contribution in [0.3, 0.4) is 0 Å². The molecule has 3 rings (SSSR count). The third kappa shape index (κ3) is 7.97. The van der Waals surface area contributed by atoms with Crippen LogP contribution >= 0.6 is 0 Å². The number of halogens is 2. The fourth-order valence-electron chi connectivity index (χ4n) is 4.57. The van der Waals surface area contributed by atoms with Crippen LogP contribution in [0.25, 0.3) is 0 Å². The van der Waals surface area contributed by atoms with Gasteiger partial charge in [0.15, 0.2) is 5.75 Å². The summed E-state index contributed by atoms with van der Waals surface area (Å²) >= 11 is 0. The highest BCUT2D eigenvalue weighted by Gasteiger charge is 2.27. The molecule has 0 radical (unpaired) electrons. The molecule has 3 aromatic rings. The van der Waals surface area contributed by atoms with Crippen LogP contribution in [-0.2, 0) is 26.0 Å². The zero-order chi connectivity index (χ0) is 32.1. The third-order valence-corrected chi connectivity index (χ3v) is 9.31. The maximum atomic E-state index is 14.2. The van der Waals surface area contributed by atoms with Crippen LogP contribution in [0.1, 0.15) is 57.2 Å². The molecular formula is C32H39F2N3O5S. The van der Waals surface area contributed by atoms with E-state index >= 15 is 0 Å². The van der Waals surface area contributed by atoms with Crippen LogP contribution in [0, 0.1) is 18.6 Å². The van der Waals surface area contributed by atoms with Crippen LogP contribution in [0.2, 0.25) is 0 Å². The van der Waals surface area contributed by atoms with Crippen molar-refractivity contribution in [1.29, 1.82) is 0 Å². The van der Waals surface area contributed by atoms with Gasteiger partial charge in [-0.1, -0.05) is 45.9 Å². The van der Waals surface area contributed by atoms with Crippen molar-refractivity contribution in [3.05, 3.63) is 82.9 Å². The minimum Gasteiger partial charge on any atom is -0.455 e. The fourth-order valence-corrected chi connectivity index (χ4v) is 6.06. The predicted molar refractivity (Wildman–Crippen MR) is 163 cm³/mol. The molecule has 1 atom stereocenters. The largest absolute Gasteiger partial charge is 0.455 e. The Hall–Kier alpha value is -3.83. The Morgan fingerprint density at radius 3 is 2.21 bits per heavy atom. The van der Waals surface area contributed by atoms with Gasteiger partial charge in [-0.15, -0.1) is 0 Å². The number of likely N-dealkylation sites (N-methyl/N-ethyl adjacent to an activating group) is 1. The number of nitrogens with zero attached hydrogens (tertiary/aromatic N) is 2. The number of carbonyl (C=O) groups excluding carboxylic acids is 2. The lowest BCUT2D eigenvalue weighted by Crippen LogP contribution is -2.43. The summed E-state index contributed by atoms with van der Waals surface area (Å²) in [4.78, 5) is 27.4. The topological polar surface area (TPSA) is 96.0 Å². The Kier molecular flexibility index (Phi) is 11.0. The van der Waals surface area contributed by atoms with E-state index in [1.807, 2.05) is 39.0 Å². The normalized spacial score (nSPS) is 12.3. The molecule has 11 heteroatoms. The summed E-state index contributed by atoms with van der Waals surface area (Å²) in [7, 11) is -2.50. The van der Waals surface area contributed by atoms with Crippen molar-refractivity contribution < 1.29 is 31.5 Å². The first-order valence-corrected chi connectivity index (χ1v) is 15.6. The van der Waals surface area contributed by atoms with Gasteiger partial charge in [-0.3, -0.25) is 9.59 Å². The molecule has 43 heavy (non-hydrogen) atoms. The molecule has 0 saturated carbocycles. The first-order chi connectivity index (χ1) is 20.2. The van der Waals surface area contributed by atoms with Crippen LogP contribution in [0.4, 0.5) is 14.5 Å². The van der Waals surface area contributed by atoms with E-state index in [0.717, 1.165) is 28.2 Å². The summed E-state index contributed by atoms with van der Waals surface area (Å²) in [5.41, 5.74) is 2.03. The summed E-state index contributed by atoms with van der Waals surface area (Å²) in [6.45, 7) is 11.5. The molecular weight excluding hydrogens is 576 g/mol. The van der Waals surface area contributed by atoms with Gasteiger partial charge in [0.05, 0.1) is 10.6 Å². The molecule has 232 valence electrons. The average Bonchev–Trinajstić information content (AvgIpc) is 2.94. The first kappa shape index (κ1) is 33.7. The van der Waals surface area contributed by atoms with Crippen molar-refractivity contribution in [2.24, 2.45) is 0 Å². The Labute approximate surface area is 252 Å². The lowest BCUT2D eigenvalue weighted by molar-refractivity contribution is -0.143. The summed E-state index contributed by atoms with van der Waals surface area (Å²) in [6.07, 6.45) is 0.0406. The number of hydrogen-bond acceptors (Lipinski definition) is 5. The zero-order valence-corrected chi connectivity index (χ0v) is 26.4. The number of ether oxygens (including phenoxy) is 1. The number of benzene rings is 3. The summed E-state index contributed by atoms with van der Waals surface area (Å²) < 4.78 is 61.6. The number of rotatable bonds is 11. The van der Waals surface area contributed by atoms with Crippen LogP contribution in [0.5, 0.6) is 11.5 Å². The number of carbonyl (C=O) groups is 2. The standard InChI is InChI=1S/C32H39F2N3O5S/c1-8-37(9-2)43(40,41)25-13-15-29(42-30-16-21(5)10-14-26(30)20(3)4)28(19-25)35-31(38)32(39)36(7)22(6)17-23-11-12-24(33)18-27(23)34/h10-16,18-20,22H,8-9,17H2,1-7H3,(H,35,38). The highest BCUT2D eigenvalue weighted by molar-refractivity contribution is 7.89. The zero-order valence-electron chi connectivity index (χ0n) is 25.6. The maximum absolute atomic E-state index is 14.2. The van der Waals surface area contributed by atoms with Gasteiger partial charge in [0.2, 0.25) is 10.0 Å². The Bertz CT molecular complexity index is 1590. The van der Waals surface area contributed by atoms with Gasteiger partial charge in [0.25, 0.3) is 0 Å². The van der Waals surface area contributed by atoms with Gasteiger partial charge in [-0.05, 0) is 73.2 Å². The van der Waals surface area contributed by atoms with Gasteiger partial charge in [-0.2, -0.15) is 4.31 Å². The molecule has 0 fully saturated rings. The van der Waals surface area contributed by atoms with Gasteiger partial charge >= 0.3 is 11.8 Å². The van der Waals surface area contributed by atoms with Crippen molar-refractivity contribution in [2.45, 2.75) is 64.8 Å². The number of amides is 2. The molecule has 0 spiro atoms. The van der Waals surface area contributed by atoms with Crippen molar-refractivity contribution >= 4 is 27.5 Å². The number of hydrogen-bond donors (Lipinski definition) is 1. The van der Waals surface area contributed by atoms with Crippen molar-refractivity contribution in [3.8, 4) is 11.5 Å². The second-order valence-corrected chi connectivity index (χ2v) is 12.6. The molecule has 0 saturated heterocycles. The van der Waals surface area contributed by atoms with Crippen LogP contribution in [0.15, 0.2) is 59.5 Å². The molecule has 1 unspecified atom stereocenters. The number of aryl methyl sites for hydroxylation is 1. The van der Waals surface area contributed by atoms with Gasteiger partial charge in [-0.25, -0.2) is 17.2 Å². The average molecular weight is 616 g/mol. The van der Waals surface area contributed by atoms with E-state index in [-0.39, 0.29) is 47.3 Å². The molecule has 0 aliphatic rings. The van der Waals surface area contributed by atoms with Crippen LogP contribution in [-0.4, -0.2) is 55.6 Å². The van der Waals surface area contributed by atoms with Crippen molar-refractivity contribution in [1.82, 2.24) is 9.21 Å². The predicted octanol–water partition coefficient (Wildman–Crippen LogP) is 6.25. The molecule has 0 aliphatic heterocycles. The Balaban J connectivity index is 1.96. The van der Waals surface area contributed by atoms with E-state index in [2.05, 4.69) is 5.32 Å². The quantitative estimate of drug-likeness (QED) is 0.258. The van der Waals surface area contributed by atoms with E-state index in [0.29, 0.717) is 5.75 Å². The molecule has 0 aliphatic carbocycles. The monoisotopic (exact) mass is 615 g/mol. The highest BCUT2D eigenvalue weighted by Crippen LogP contribution is 2.37. The molecule has 0 heterocycles. The highest BCUT2D eigenvalue weighted by atomic mass is 32.2. The third-order valence-electron chi connectivity index (χ3n) is 7.26. The van der Waals surface area contributed by atoms with Crippen molar-refractivity contribution in [2.75, 3.05) is 25.5 Å². The van der Waals surface area contributed by atoms with Gasteiger partial charge in [0.1, 0.15) is 17.4 Å². The lowest BCUT2D eigenvalue weighted by Gasteiger charge is -2.25. The van der Waals surface area contributed by atoms with E-state index in [4.69, 9.17) is 4.74 Å². The van der Waals surface area contributed by atoms with E-state index < -0.39 is 39.5 Å². The van der Waals surface area contributed by atoms with Gasteiger partial charge in [0, 0.05) is 32.2 Å².